The van der Waals surface area contributed by atoms with Gasteiger partial charge in [0.15, 0.2) is 0 Å². The molecule has 0 aromatic carbocycles. The van der Waals surface area contributed by atoms with Gasteiger partial charge in [-0.2, -0.15) is 0 Å². The zero-order valence-corrected chi connectivity index (χ0v) is 9.10. The Balaban J connectivity index is 0. The van der Waals surface area contributed by atoms with E-state index in [9.17, 15) is 0 Å². The van der Waals surface area contributed by atoms with Gasteiger partial charge in [-0.25, -0.2) is 0 Å². The van der Waals surface area contributed by atoms with Crippen molar-refractivity contribution in [1.82, 2.24) is 0 Å². The molecule has 4 heavy (non-hydrogen) atoms. The van der Waals surface area contributed by atoms with Crippen LogP contribution in [0.5, 0.6) is 0 Å². The second-order valence-corrected chi connectivity index (χ2v) is 0. The molecule has 0 saturated heterocycles. The van der Waals surface area contributed by atoms with E-state index in [2.05, 4.69) is 0 Å². The van der Waals surface area contributed by atoms with E-state index in [1.165, 1.54) is 0 Å². The molecule has 0 bridgehead atoms. The van der Waals surface area contributed by atoms with E-state index in [0.717, 1.165) is 0 Å². The standard InChI is InChI=1S/ClH.2Na.Pd.2H/h1H;;;;;/q;2*+1;;2*-1. The van der Waals surface area contributed by atoms with Crippen LogP contribution in [0.2, 0.25) is 0 Å². The van der Waals surface area contributed by atoms with E-state index < -0.39 is 0 Å². The van der Waals surface area contributed by atoms with Crippen LogP contribution in [-0.2, 0) is 20.4 Å². The Morgan fingerprint density at radius 2 is 1.00 bits per heavy atom. The van der Waals surface area contributed by atoms with Crippen LogP contribution >= 0.6 is 12.4 Å². The number of hydrogen-bond acceptors (Lipinski definition) is 0. The van der Waals surface area contributed by atoms with Crippen LogP contribution in [0, 0.1) is 0 Å². The normalized spacial score (nSPS) is 0. The summed E-state index contributed by atoms with van der Waals surface area (Å²) in [5.41, 5.74) is 0. The van der Waals surface area contributed by atoms with Gasteiger partial charge in [0.1, 0.15) is 0 Å². The van der Waals surface area contributed by atoms with Gasteiger partial charge in [0.25, 0.3) is 0 Å². The second-order valence-electron chi connectivity index (χ2n) is 0. The molecule has 0 aliphatic heterocycles. The van der Waals surface area contributed by atoms with E-state index in [4.69, 9.17) is 0 Å². The van der Waals surface area contributed by atoms with Crippen molar-refractivity contribution in [2.45, 2.75) is 0 Å². The van der Waals surface area contributed by atoms with Crippen molar-refractivity contribution in [3.05, 3.63) is 0 Å². The summed E-state index contributed by atoms with van der Waals surface area (Å²) in [6.07, 6.45) is 0. The summed E-state index contributed by atoms with van der Waals surface area (Å²) in [6, 6.07) is 0. The Bertz CT molecular complexity index is 11.5. The second kappa shape index (κ2) is 16.7. The van der Waals surface area contributed by atoms with E-state index in [0.29, 0.717) is 0 Å². The fourth-order valence-electron chi connectivity index (χ4n) is 0. The van der Waals surface area contributed by atoms with E-state index in [1.54, 1.807) is 0 Å². The molecule has 0 heterocycles. The van der Waals surface area contributed by atoms with Gasteiger partial charge >= 0.3 is 59.1 Å². The molecular formula is H3ClNa2Pd. The van der Waals surface area contributed by atoms with Gasteiger partial charge in [0.2, 0.25) is 0 Å². The van der Waals surface area contributed by atoms with Gasteiger partial charge in [-0.05, 0) is 0 Å². The molecule has 0 saturated carbocycles. The molecular weight excluding hydrogens is 188 g/mol. The zero-order valence-electron chi connectivity index (χ0n) is 4.72. The number of rotatable bonds is 0. The first-order chi connectivity index (χ1) is 0. The first-order valence-corrected chi connectivity index (χ1v) is 0. The van der Waals surface area contributed by atoms with Gasteiger partial charge in [-0.3, -0.25) is 0 Å². The van der Waals surface area contributed by atoms with Gasteiger partial charge in [0.05, 0.1) is 0 Å². The van der Waals surface area contributed by atoms with Crippen LogP contribution in [0.15, 0.2) is 0 Å². The maximum atomic E-state index is 0. The quantitative estimate of drug-likeness (QED) is 0.335. The summed E-state index contributed by atoms with van der Waals surface area (Å²) in [4.78, 5) is 0. The average Bonchev–Trinajstić information content (AvgIpc) is 0. The van der Waals surface area contributed by atoms with Crippen molar-refractivity contribution in [3.8, 4) is 0 Å². The number of hydrogen-bond donors (Lipinski definition) is 0. The third kappa shape index (κ3) is 8.88. The molecule has 0 aromatic heterocycles. The SMILES string of the molecule is Cl.[H-].[H-].[Na+].[Na+].[Pd]. The molecule has 0 spiro atoms. The van der Waals surface area contributed by atoms with Crippen LogP contribution in [0.3, 0.4) is 0 Å². The van der Waals surface area contributed by atoms with Crippen molar-refractivity contribution >= 4 is 12.4 Å². The van der Waals surface area contributed by atoms with E-state index in [-0.39, 0.29) is 94.8 Å². The smallest absolute Gasteiger partial charge is 1.00 e. The molecule has 0 rings (SSSR count). The number of halogens is 1. The summed E-state index contributed by atoms with van der Waals surface area (Å²) in [6.45, 7) is 0. The van der Waals surface area contributed by atoms with Crippen LogP contribution in [0.1, 0.15) is 2.85 Å². The molecule has 22 valence electrons. The first kappa shape index (κ1) is 28.3. The summed E-state index contributed by atoms with van der Waals surface area (Å²) < 4.78 is 0. The van der Waals surface area contributed by atoms with Gasteiger partial charge in [-0.15, -0.1) is 12.4 Å². The molecule has 0 atom stereocenters. The topological polar surface area (TPSA) is 0 Å². The zero-order chi connectivity index (χ0) is 0. The summed E-state index contributed by atoms with van der Waals surface area (Å²) >= 11 is 0. The molecule has 0 aromatic rings. The van der Waals surface area contributed by atoms with Crippen LogP contribution in [-0.4, -0.2) is 0 Å². The monoisotopic (exact) mass is 190 g/mol. The molecule has 4 heteroatoms. The van der Waals surface area contributed by atoms with Crippen molar-refractivity contribution in [2.75, 3.05) is 0 Å². The minimum Gasteiger partial charge on any atom is -1.00 e. The van der Waals surface area contributed by atoms with E-state index >= 15 is 0 Å². The average molecular weight is 191 g/mol. The predicted molar refractivity (Wildman–Crippen MR) is 9.47 cm³/mol. The van der Waals surface area contributed by atoms with Crippen LogP contribution < -0.4 is 59.1 Å². The van der Waals surface area contributed by atoms with Gasteiger partial charge in [-0.1, -0.05) is 0 Å². The predicted octanol–water partition coefficient (Wildman–Crippen LogP) is -5.35. The molecule has 0 aliphatic rings. The fourth-order valence-corrected chi connectivity index (χ4v) is 0. The summed E-state index contributed by atoms with van der Waals surface area (Å²) in [7, 11) is 0. The third-order valence-electron chi connectivity index (χ3n) is 0. The van der Waals surface area contributed by atoms with E-state index in [1.807, 2.05) is 0 Å². The molecule has 0 nitrogen and oxygen atoms in total. The fraction of sp³-hybridized carbons (Fsp3) is 0. The van der Waals surface area contributed by atoms with Gasteiger partial charge in [0, 0.05) is 20.4 Å². The molecule has 0 fully saturated rings. The Kier molecular flexibility index (Phi) is 118. The van der Waals surface area contributed by atoms with Crippen molar-refractivity contribution in [1.29, 1.82) is 0 Å². The van der Waals surface area contributed by atoms with Crippen molar-refractivity contribution < 1.29 is 82.4 Å². The Morgan fingerprint density at radius 3 is 1.00 bits per heavy atom. The Labute approximate surface area is 93.1 Å². The maximum Gasteiger partial charge on any atom is 1.00 e. The Hall–Kier alpha value is 2.95. The molecule has 0 aliphatic carbocycles. The third-order valence-corrected chi connectivity index (χ3v) is 0. The Morgan fingerprint density at radius 1 is 1.00 bits per heavy atom. The molecule has 0 amide bonds. The van der Waals surface area contributed by atoms with Crippen LogP contribution in [0.4, 0.5) is 0 Å². The maximum absolute atomic E-state index is 0. The van der Waals surface area contributed by atoms with Gasteiger partial charge < -0.3 is 2.85 Å². The largest absolute Gasteiger partial charge is 1.00 e. The first-order valence-electron chi connectivity index (χ1n) is 0. The minimum atomic E-state index is 0. The summed E-state index contributed by atoms with van der Waals surface area (Å²) in [5.74, 6) is 0. The van der Waals surface area contributed by atoms with Crippen molar-refractivity contribution in [3.63, 3.8) is 0 Å². The molecule has 0 radical (unpaired) electrons. The molecule has 0 N–H and O–H groups in total. The minimum absolute atomic E-state index is 0. The van der Waals surface area contributed by atoms with Crippen molar-refractivity contribution in [2.24, 2.45) is 0 Å². The summed E-state index contributed by atoms with van der Waals surface area (Å²) in [5, 5.41) is 0. The molecule has 0 unspecified atom stereocenters. The van der Waals surface area contributed by atoms with Crippen LogP contribution in [0.25, 0.3) is 0 Å².